The largest absolute Gasteiger partial charge is 0.491 e. The predicted octanol–water partition coefficient (Wildman–Crippen LogP) is 2.40. The molecule has 0 aliphatic carbocycles. The summed E-state index contributed by atoms with van der Waals surface area (Å²) in [7, 11) is 0. The van der Waals surface area contributed by atoms with Gasteiger partial charge in [0.1, 0.15) is 5.75 Å². The Morgan fingerprint density at radius 1 is 1.17 bits per heavy atom. The van der Waals surface area contributed by atoms with Crippen LogP contribution in [-0.2, 0) is 4.79 Å². The molecule has 0 radical (unpaired) electrons. The van der Waals surface area contributed by atoms with E-state index in [4.69, 9.17) is 10.5 Å². The molecule has 0 saturated heterocycles. The number of hydrogen-bond donors (Lipinski definition) is 2. The van der Waals surface area contributed by atoms with Crippen LogP contribution in [0.5, 0.6) is 5.75 Å². The molecular weight excluding hydrogens is 228 g/mol. The Bertz CT molecular complexity index is 385. The fourth-order valence-corrected chi connectivity index (χ4v) is 1.42. The fourth-order valence-electron chi connectivity index (χ4n) is 1.42. The minimum Gasteiger partial charge on any atom is -0.491 e. The molecule has 0 heterocycles. The summed E-state index contributed by atoms with van der Waals surface area (Å²) in [4.78, 5) is 11.7. The van der Waals surface area contributed by atoms with E-state index in [1.165, 1.54) is 0 Å². The number of hydrogen-bond acceptors (Lipinski definition) is 3. The van der Waals surface area contributed by atoms with Gasteiger partial charge in [-0.05, 0) is 44.0 Å². The molecule has 4 nitrogen and oxygen atoms in total. The van der Waals surface area contributed by atoms with Gasteiger partial charge < -0.3 is 15.8 Å². The van der Waals surface area contributed by atoms with Gasteiger partial charge in [-0.25, -0.2) is 0 Å². The van der Waals surface area contributed by atoms with Crippen molar-refractivity contribution in [1.82, 2.24) is 0 Å². The highest BCUT2D eigenvalue weighted by atomic mass is 16.5. The van der Waals surface area contributed by atoms with Crippen LogP contribution in [-0.4, -0.2) is 18.1 Å². The number of amides is 1. The minimum absolute atomic E-state index is 0.119. The Morgan fingerprint density at radius 3 is 2.17 bits per heavy atom. The van der Waals surface area contributed by atoms with Crippen LogP contribution in [0.4, 0.5) is 5.69 Å². The zero-order chi connectivity index (χ0) is 13.7. The third-order valence-electron chi connectivity index (χ3n) is 2.51. The predicted molar refractivity (Wildman–Crippen MR) is 73.6 cm³/mol. The maximum atomic E-state index is 11.7. The highest BCUT2D eigenvalue weighted by molar-refractivity contribution is 5.94. The number of rotatable bonds is 5. The fraction of sp³-hybridized carbons (Fsp3) is 0.500. The number of nitrogens with two attached hydrogens (primary N) is 1. The molecule has 1 atom stereocenters. The third-order valence-corrected chi connectivity index (χ3v) is 2.51. The summed E-state index contributed by atoms with van der Waals surface area (Å²) in [6.45, 7) is 7.78. The van der Waals surface area contributed by atoms with Crippen LogP contribution in [0.3, 0.4) is 0 Å². The van der Waals surface area contributed by atoms with Crippen molar-refractivity contribution >= 4 is 11.6 Å². The summed E-state index contributed by atoms with van der Waals surface area (Å²) < 4.78 is 5.52. The van der Waals surface area contributed by atoms with Crippen LogP contribution in [0.2, 0.25) is 0 Å². The molecule has 3 N–H and O–H groups in total. The normalized spacial score (nSPS) is 12.6. The molecule has 4 heteroatoms. The number of nitrogens with one attached hydrogen (secondary N) is 1. The van der Waals surface area contributed by atoms with E-state index in [2.05, 4.69) is 5.32 Å². The summed E-state index contributed by atoms with van der Waals surface area (Å²) in [6, 6.07) is 6.79. The Hall–Kier alpha value is -1.55. The van der Waals surface area contributed by atoms with Crippen LogP contribution in [0.15, 0.2) is 24.3 Å². The second-order valence-electron chi connectivity index (χ2n) is 4.95. The summed E-state index contributed by atoms with van der Waals surface area (Å²) in [5.74, 6) is 0.743. The molecule has 0 aliphatic heterocycles. The minimum atomic E-state index is -0.489. The van der Waals surface area contributed by atoms with Gasteiger partial charge in [0.05, 0.1) is 12.1 Å². The first-order valence-electron chi connectivity index (χ1n) is 6.23. The maximum absolute atomic E-state index is 11.7. The van der Waals surface area contributed by atoms with E-state index in [0.29, 0.717) is 0 Å². The summed E-state index contributed by atoms with van der Waals surface area (Å²) in [6.07, 6.45) is 0.139. The summed E-state index contributed by atoms with van der Waals surface area (Å²) >= 11 is 0. The molecule has 0 aliphatic rings. The monoisotopic (exact) mass is 250 g/mol. The average Bonchev–Trinajstić information content (AvgIpc) is 2.29. The van der Waals surface area contributed by atoms with Gasteiger partial charge in [-0.1, -0.05) is 13.8 Å². The van der Waals surface area contributed by atoms with Gasteiger partial charge in [-0.15, -0.1) is 0 Å². The van der Waals surface area contributed by atoms with E-state index in [1.807, 2.05) is 52.0 Å². The van der Waals surface area contributed by atoms with E-state index in [9.17, 15) is 4.79 Å². The lowest BCUT2D eigenvalue weighted by Crippen LogP contribution is -2.39. The first-order chi connectivity index (χ1) is 8.40. The van der Waals surface area contributed by atoms with Gasteiger partial charge in [0, 0.05) is 5.69 Å². The SMILES string of the molecule is CC(C)Oc1ccc(NC(=O)[C@@H](N)C(C)C)cc1. The lowest BCUT2D eigenvalue weighted by molar-refractivity contribution is -0.118. The second-order valence-corrected chi connectivity index (χ2v) is 4.95. The van der Waals surface area contributed by atoms with Gasteiger partial charge in [0.25, 0.3) is 0 Å². The van der Waals surface area contributed by atoms with Gasteiger partial charge in [0.2, 0.25) is 5.91 Å². The molecule has 0 spiro atoms. The lowest BCUT2D eigenvalue weighted by atomic mass is 10.1. The molecule has 1 aromatic rings. The molecule has 1 amide bonds. The maximum Gasteiger partial charge on any atom is 0.241 e. The summed E-state index contributed by atoms with van der Waals surface area (Å²) in [5, 5.41) is 2.78. The van der Waals surface area contributed by atoms with Crippen molar-refractivity contribution in [3.8, 4) is 5.75 Å². The van der Waals surface area contributed by atoms with Gasteiger partial charge in [0.15, 0.2) is 0 Å². The number of carbonyl (C=O) groups excluding carboxylic acids is 1. The molecule has 0 aromatic heterocycles. The molecule has 1 rings (SSSR count). The zero-order valence-electron chi connectivity index (χ0n) is 11.4. The van der Waals surface area contributed by atoms with Crippen molar-refractivity contribution in [3.05, 3.63) is 24.3 Å². The molecule has 18 heavy (non-hydrogen) atoms. The Morgan fingerprint density at radius 2 is 1.72 bits per heavy atom. The number of ether oxygens (including phenoxy) is 1. The average molecular weight is 250 g/mol. The molecule has 1 aromatic carbocycles. The number of carbonyl (C=O) groups is 1. The van der Waals surface area contributed by atoms with Crippen LogP contribution in [0.25, 0.3) is 0 Å². The third kappa shape index (κ3) is 4.37. The van der Waals surface area contributed by atoms with E-state index in [1.54, 1.807) is 0 Å². The molecular formula is C14H22N2O2. The number of benzene rings is 1. The van der Waals surface area contributed by atoms with Crippen molar-refractivity contribution in [2.24, 2.45) is 11.7 Å². The molecule has 0 bridgehead atoms. The molecule has 100 valence electrons. The lowest BCUT2D eigenvalue weighted by Gasteiger charge is -2.15. The molecule has 0 saturated carbocycles. The highest BCUT2D eigenvalue weighted by Gasteiger charge is 2.16. The van der Waals surface area contributed by atoms with Crippen molar-refractivity contribution in [1.29, 1.82) is 0 Å². The highest BCUT2D eigenvalue weighted by Crippen LogP contribution is 2.17. The zero-order valence-corrected chi connectivity index (χ0v) is 11.4. The number of anilines is 1. The van der Waals surface area contributed by atoms with Crippen molar-refractivity contribution < 1.29 is 9.53 Å². The van der Waals surface area contributed by atoms with Crippen LogP contribution < -0.4 is 15.8 Å². The van der Waals surface area contributed by atoms with Gasteiger partial charge in [-0.2, -0.15) is 0 Å². The van der Waals surface area contributed by atoms with E-state index in [-0.39, 0.29) is 17.9 Å². The first kappa shape index (κ1) is 14.5. The smallest absolute Gasteiger partial charge is 0.241 e. The van der Waals surface area contributed by atoms with E-state index < -0.39 is 6.04 Å². The quantitative estimate of drug-likeness (QED) is 0.843. The second kappa shape index (κ2) is 6.40. The first-order valence-corrected chi connectivity index (χ1v) is 6.23. The standard InChI is InChI=1S/C14H22N2O2/c1-9(2)13(15)14(17)16-11-5-7-12(8-6-11)18-10(3)4/h5-10,13H,15H2,1-4H3,(H,16,17)/t13-/m0/s1. The molecule has 0 fully saturated rings. The van der Waals surface area contributed by atoms with Crippen LogP contribution in [0, 0.1) is 5.92 Å². The Labute approximate surface area is 109 Å². The van der Waals surface area contributed by atoms with Crippen molar-refractivity contribution in [3.63, 3.8) is 0 Å². The van der Waals surface area contributed by atoms with Crippen LogP contribution in [0.1, 0.15) is 27.7 Å². The van der Waals surface area contributed by atoms with Crippen LogP contribution >= 0.6 is 0 Å². The van der Waals surface area contributed by atoms with E-state index in [0.717, 1.165) is 11.4 Å². The van der Waals surface area contributed by atoms with Gasteiger partial charge in [-0.3, -0.25) is 4.79 Å². The van der Waals surface area contributed by atoms with Crippen molar-refractivity contribution in [2.45, 2.75) is 39.8 Å². The Kier molecular flexibility index (Phi) is 5.16. The van der Waals surface area contributed by atoms with Gasteiger partial charge >= 0.3 is 0 Å². The Balaban J connectivity index is 2.61. The molecule has 0 unspecified atom stereocenters. The summed E-state index contributed by atoms with van der Waals surface area (Å²) in [5.41, 5.74) is 6.50. The van der Waals surface area contributed by atoms with Crippen molar-refractivity contribution in [2.75, 3.05) is 5.32 Å². The topological polar surface area (TPSA) is 64.3 Å². The van der Waals surface area contributed by atoms with E-state index >= 15 is 0 Å².